The molecule has 0 unspecified atom stereocenters. The Labute approximate surface area is 198 Å². The van der Waals surface area contributed by atoms with Crippen molar-refractivity contribution in [2.45, 2.75) is 49.6 Å². The van der Waals surface area contributed by atoms with E-state index in [0.717, 1.165) is 41.9 Å². The van der Waals surface area contributed by atoms with Crippen LogP contribution in [0.15, 0.2) is 60.9 Å². The molecule has 5 nitrogen and oxygen atoms in total. The van der Waals surface area contributed by atoms with Gasteiger partial charge in [-0.3, -0.25) is 4.57 Å². The zero-order chi connectivity index (χ0) is 24.6. The van der Waals surface area contributed by atoms with Gasteiger partial charge < -0.3 is 14.8 Å². The summed E-state index contributed by atoms with van der Waals surface area (Å²) in [7, 11) is 0. The maximum atomic E-state index is 13.3. The normalized spacial score (nSPS) is 24.9. The molecule has 186 valence electrons. The largest absolute Gasteiger partial charge is 0.450 e. The van der Waals surface area contributed by atoms with Crippen molar-refractivity contribution in [3.8, 4) is 11.4 Å². The third-order valence-corrected chi connectivity index (χ3v) is 6.77. The van der Waals surface area contributed by atoms with Gasteiger partial charge in [-0.05, 0) is 37.4 Å². The third kappa shape index (κ3) is 4.64. The number of ether oxygens (including phenoxy) is 2. The highest BCUT2D eigenvalue weighted by Crippen LogP contribution is 2.50. The number of rotatable bonds is 5. The van der Waals surface area contributed by atoms with Gasteiger partial charge in [0.1, 0.15) is 5.75 Å². The van der Waals surface area contributed by atoms with Crippen LogP contribution in [0, 0.1) is 0 Å². The van der Waals surface area contributed by atoms with Gasteiger partial charge in [0.15, 0.2) is 0 Å². The summed E-state index contributed by atoms with van der Waals surface area (Å²) in [5, 5.41) is 3.54. The lowest BCUT2D eigenvalue weighted by Crippen LogP contribution is -2.48. The monoisotopic (exact) mass is 493 g/mol. The molecule has 1 spiro atoms. The second kappa shape index (κ2) is 9.23. The van der Waals surface area contributed by atoms with Gasteiger partial charge >= 0.3 is 12.8 Å². The van der Waals surface area contributed by atoms with Gasteiger partial charge in [-0.2, -0.15) is 22.0 Å². The number of nitrogens with zero attached hydrogens (tertiary/aromatic N) is 2. The van der Waals surface area contributed by atoms with E-state index in [1.807, 2.05) is 30.3 Å². The van der Waals surface area contributed by atoms with Crippen LogP contribution in [-0.4, -0.2) is 34.9 Å². The fourth-order valence-corrected chi connectivity index (χ4v) is 5.34. The predicted octanol–water partition coefficient (Wildman–Crippen LogP) is 5.86. The fourth-order valence-electron chi connectivity index (χ4n) is 5.34. The summed E-state index contributed by atoms with van der Waals surface area (Å²) in [4.78, 5) is 3.37. The molecular formula is C25H24F5N3O2. The van der Waals surface area contributed by atoms with Crippen molar-refractivity contribution in [2.24, 2.45) is 0 Å². The van der Waals surface area contributed by atoms with Crippen LogP contribution < -0.4 is 10.1 Å². The maximum Gasteiger partial charge on any atom is 0.450 e. The maximum absolute atomic E-state index is 13.3. The van der Waals surface area contributed by atoms with Crippen LogP contribution in [0.25, 0.3) is 5.69 Å². The van der Waals surface area contributed by atoms with Crippen LogP contribution in [0.5, 0.6) is 5.75 Å². The minimum Gasteiger partial charge on any atom is -0.434 e. The molecule has 2 aromatic carbocycles. The van der Waals surface area contributed by atoms with Crippen molar-refractivity contribution in [2.75, 3.05) is 13.2 Å². The van der Waals surface area contributed by atoms with E-state index in [1.165, 1.54) is 12.1 Å². The highest BCUT2D eigenvalue weighted by atomic mass is 19.4. The van der Waals surface area contributed by atoms with Crippen LogP contribution in [-0.2, 0) is 10.9 Å². The lowest BCUT2D eigenvalue weighted by Gasteiger charge is -2.41. The Kier molecular flexibility index (Phi) is 6.27. The first-order chi connectivity index (χ1) is 16.8. The van der Waals surface area contributed by atoms with E-state index in [9.17, 15) is 22.0 Å². The van der Waals surface area contributed by atoms with Gasteiger partial charge in [0.25, 0.3) is 0 Å². The molecule has 0 amide bonds. The highest BCUT2D eigenvalue weighted by Gasteiger charge is 2.49. The van der Waals surface area contributed by atoms with E-state index in [4.69, 9.17) is 9.47 Å². The summed E-state index contributed by atoms with van der Waals surface area (Å²) in [6.07, 6.45) is -0.261. The third-order valence-electron chi connectivity index (χ3n) is 6.77. The summed E-state index contributed by atoms with van der Waals surface area (Å²) in [5.74, 6) is -1.56. The minimum absolute atomic E-state index is 0.0318. The first-order valence-electron chi connectivity index (χ1n) is 11.4. The lowest BCUT2D eigenvalue weighted by atomic mass is 9.77. The van der Waals surface area contributed by atoms with Crippen LogP contribution in [0.3, 0.4) is 0 Å². The quantitative estimate of drug-likeness (QED) is 0.453. The summed E-state index contributed by atoms with van der Waals surface area (Å²) in [6.45, 7) is -1.99. The molecule has 1 N–H and O–H groups in total. The van der Waals surface area contributed by atoms with Crippen molar-refractivity contribution in [1.29, 1.82) is 0 Å². The van der Waals surface area contributed by atoms with Gasteiger partial charge in [-0.15, -0.1) is 0 Å². The Bertz CT molecular complexity index is 1170. The zero-order valence-corrected chi connectivity index (χ0v) is 18.6. The smallest absolute Gasteiger partial charge is 0.434 e. The van der Waals surface area contributed by atoms with Crippen LogP contribution in [0.4, 0.5) is 22.0 Å². The number of piperidine rings is 1. The fraction of sp³-hybridized carbons (Fsp3) is 0.400. The van der Waals surface area contributed by atoms with Gasteiger partial charge in [-0.25, -0.2) is 4.98 Å². The summed E-state index contributed by atoms with van der Waals surface area (Å²) in [5.41, 5.74) is 1.09. The van der Waals surface area contributed by atoms with E-state index >= 15 is 0 Å². The van der Waals surface area contributed by atoms with Crippen molar-refractivity contribution >= 4 is 0 Å². The lowest BCUT2D eigenvalue weighted by molar-refractivity contribution is -0.145. The number of nitrogens with one attached hydrogen (secondary N) is 1. The number of benzene rings is 2. The van der Waals surface area contributed by atoms with Crippen molar-refractivity contribution < 1.29 is 31.4 Å². The second-order valence-electron chi connectivity index (χ2n) is 8.90. The predicted molar refractivity (Wildman–Crippen MR) is 118 cm³/mol. The molecule has 35 heavy (non-hydrogen) atoms. The number of hydrogen-bond acceptors (Lipinski definition) is 4. The molecule has 3 atom stereocenters. The van der Waals surface area contributed by atoms with Crippen molar-refractivity contribution in [3.63, 3.8) is 0 Å². The standard InChI is InChI=1S/C25H24F5N3O2/c26-23(27)35-20-13-18(33-12-11-32-22(33)25(28,29)30)7-8-19(20)17-14-24(34-15-17)9-4-10-31-21(24)16-5-2-1-3-6-16/h1-3,5-8,11-13,17,21,23,31H,4,9-10,14-15H2/t17-,21-,24+/m0/s1. The van der Waals surface area contributed by atoms with E-state index < -0.39 is 24.2 Å². The highest BCUT2D eigenvalue weighted by molar-refractivity contribution is 5.48. The molecule has 10 heteroatoms. The number of halogens is 5. The van der Waals surface area contributed by atoms with E-state index in [2.05, 4.69) is 10.3 Å². The number of hydrogen-bond donors (Lipinski definition) is 1. The van der Waals surface area contributed by atoms with Crippen LogP contribution in [0.2, 0.25) is 0 Å². The zero-order valence-electron chi connectivity index (χ0n) is 18.6. The summed E-state index contributed by atoms with van der Waals surface area (Å²) < 4.78 is 78.5. The molecule has 0 aliphatic carbocycles. The molecule has 2 aliphatic rings. The molecule has 3 heterocycles. The molecule has 0 radical (unpaired) electrons. The first kappa shape index (κ1) is 23.7. The molecule has 2 saturated heterocycles. The summed E-state index contributed by atoms with van der Waals surface area (Å²) in [6, 6.07) is 14.1. The average molecular weight is 493 g/mol. The molecule has 2 fully saturated rings. The van der Waals surface area contributed by atoms with E-state index in [1.54, 1.807) is 6.07 Å². The van der Waals surface area contributed by atoms with E-state index in [0.29, 0.717) is 18.6 Å². The molecule has 3 aromatic rings. The topological polar surface area (TPSA) is 48.3 Å². The second-order valence-corrected chi connectivity index (χ2v) is 8.90. The molecule has 0 saturated carbocycles. The van der Waals surface area contributed by atoms with Crippen LogP contribution in [0.1, 0.15) is 48.2 Å². The Morgan fingerprint density at radius 1 is 1.14 bits per heavy atom. The Hall–Kier alpha value is -2.98. The van der Waals surface area contributed by atoms with Crippen LogP contribution >= 0.6 is 0 Å². The van der Waals surface area contributed by atoms with Gasteiger partial charge in [-0.1, -0.05) is 36.4 Å². The first-order valence-corrected chi connectivity index (χ1v) is 11.4. The number of aromatic nitrogens is 2. The number of alkyl halides is 5. The van der Waals surface area contributed by atoms with E-state index in [-0.39, 0.29) is 23.4 Å². The Morgan fingerprint density at radius 2 is 1.94 bits per heavy atom. The van der Waals surface area contributed by atoms with Crippen molar-refractivity contribution in [1.82, 2.24) is 14.9 Å². The molecule has 1 aromatic heterocycles. The summed E-state index contributed by atoms with van der Waals surface area (Å²) >= 11 is 0. The molecule has 5 rings (SSSR count). The Morgan fingerprint density at radius 3 is 2.69 bits per heavy atom. The van der Waals surface area contributed by atoms with Gasteiger partial charge in [0.2, 0.25) is 5.82 Å². The van der Waals surface area contributed by atoms with Gasteiger partial charge in [0, 0.05) is 29.9 Å². The van der Waals surface area contributed by atoms with Gasteiger partial charge in [0.05, 0.1) is 23.9 Å². The van der Waals surface area contributed by atoms with Crippen molar-refractivity contribution in [3.05, 3.63) is 77.9 Å². The minimum atomic E-state index is -4.70. The average Bonchev–Trinajstić information content (AvgIpc) is 3.48. The molecule has 0 bridgehead atoms. The SMILES string of the molecule is FC(F)Oc1cc(-n2ccnc2C(F)(F)F)ccc1[C@@H]1CO[C@]2(CCCN[C@H]2c2ccccc2)C1. The Balaban J connectivity index is 1.48. The molecular weight excluding hydrogens is 469 g/mol. The number of imidazole rings is 1. The molecule has 2 aliphatic heterocycles.